The van der Waals surface area contributed by atoms with E-state index in [0.717, 1.165) is 38.5 Å². The maximum Gasteiger partial charge on any atom is 0.397 e. The first-order chi connectivity index (χ1) is 17.9. The van der Waals surface area contributed by atoms with Gasteiger partial charge in [0.15, 0.2) is 6.29 Å². The number of phenols is 1. The van der Waals surface area contributed by atoms with Gasteiger partial charge >= 0.3 is 10.4 Å². The monoisotopic (exact) mass is 555 g/mol. The molecule has 5 N–H and O–H groups in total. The third-order valence-corrected chi connectivity index (χ3v) is 9.84. The van der Waals surface area contributed by atoms with Crippen molar-refractivity contribution in [3.8, 4) is 5.75 Å². The maximum absolute atomic E-state index is 11.9. The van der Waals surface area contributed by atoms with E-state index in [9.17, 15) is 28.5 Å². The fourth-order valence-electron chi connectivity index (χ4n) is 7.74. The molecule has 11 nitrogen and oxygen atoms in total. The van der Waals surface area contributed by atoms with Crippen LogP contribution in [0, 0.1) is 17.3 Å². The largest absolute Gasteiger partial charge is 0.508 e. The van der Waals surface area contributed by atoms with Crippen LogP contribution in [0.25, 0.3) is 0 Å². The average molecular weight is 556 g/mol. The van der Waals surface area contributed by atoms with Crippen LogP contribution in [0.2, 0.25) is 0 Å². The number of carbonyl (C=O) groups excluding carboxylic acids is 1. The second kappa shape index (κ2) is 10.3. The Morgan fingerprint density at radius 3 is 2.68 bits per heavy atom. The summed E-state index contributed by atoms with van der Waals surface area (Å²) in [5, 5.41) is 33.3. The smallest absolute Gasteiger partial charge is 0.397 e. The van der Waals surface area contributed by atoms with Crippen molar-refractivity contribution in [2.75, 3.05) is 6.61 Å². The molecule has 5 rings (SSSR count). The number of aliphatic hydroxyl groups excluding tert-OH is 2. The van der Waals surface area contributed by atoms with Crippen molar-refractivity contribution in [3.63, 3.8) is 0 Å². The number of hydrogen-bond acceptors (Lipinski definition) is 9. The molecule has 12 heteroatoms. The Morgan fingerprint density at radius 1 is 1.24 bits per heavy atom. The van der Waals surface area contributed by atoms with Gasteiger partial charge in [-0.1, -0.05) is 13.0 Å². The zero-order valence-corrected chi connectivity index (χ0v) is 22.3. The number of benzene rings is 1. The number of aliphatic hydroxyl groups is 2. The van der Waals surface area contributed by atoms with Crippen LogP contribution < -0.4 is 5.32 Å². The Hall–Kier alpha value is -1.80. The van der Waals surface area contributed by atoms with Gasteiger partial charge in [-0.3, -0.25) is 9.35 Å². The van der Waals surface area contributed by atoms with Crippen molar-refractivity contribution in [3.05, 3.63) is 29.3 Å². The van der Waals surface area contributed by atoms with Gasteiger partial charge in [-0.25, -0.2) is 4.18 Å². The van der Waals surface area contributed by atoms with Gasteiger partial charge in [-0.05, 0) is 85.0 Å². The molecule has 3 aliphatic carbocycles. The van der Waals surface area contributed by atoms with Gasteiger partial charge in [0.2, 0.25) is 5.91 Å². The molecule has 1 aromatic rings. The molecule has 1 aliphatic heterocycles. The van der Waals surface area contributed by atoms with E-state index < -0.39 is 53.6 Å². The zero-order valence-electron chi connectivity index (χ0n) is 21.5. The minimum Gasteiger partial charge on any atom is -0.508 e. The van der Waals surface area contributed by atoms with Gasteiger partial charge in [0, 0.05) is 6.92 Å². The quantitative estimate of drug-likeness (QED) is 0.323. The van der Waals surface area contributed by atoms with Crippen LogP contribution in [0.5, 0.6) is 5.75 Å². The summed E-state index contributed by atoms with van der Waals surface area (Å²) in [4.78, 5) is 11.9. The van der Waals surface area contributed by atoms with E-state index in [-0.39, 0.29) is 11.5 Å². The highest BCUT2D eigenvalue weighted by Crippen LogP contribution is 2.62. The lowest BCUT2D eigenvalue weighted by Crippen LogP contribution is -2.66. The standard InChI is InChI=1S/C26H37NO10S/c1-13(29)27-22-23(31)24(37-38(32,33)34)20(12-28)35-25(22)36-21-8-7-19-18-5-3-14-11-15(30)4-6-16(14)17(18)9-10-26(19,21)2/h4,6,11,17-25,28,30-31H,3,5,7-10,12H2,1-2H3,(H,27,29)(H,32,33,34)/t17-,18-,19+,20-,21+,22-,23-,24+,25+,26+/m1/s1. The number of aryl methyl sites for hydroxylation is 1. The van der Waals surface area contributed by atoms with Crippen molar-refractivity contribution in [1.29, 1.82) is 0 Å². The average Bonchev–Trinajstić information content (AvgIpc) is 3.17. The molecule has 1 saturated heterocycles. The fourth-order valence-corrected chi connectivity index (χ4v) is 8.26. The molecular formula is C26H37NO10S. The molecule has 10 atom stereocenters. The number of nitrogens with one attached hydrogen (secondary N) is 1. The van der Waals surface area contributed by atoms with Crippen molar-refractivity contribution in [2.45, 2.75) is 95.0 Å². The van der Waals surface area contributed by atoms with Crippen LogP contribution >= 0.6 is 0 Å². The molecule has 0 radical (unpaired) electrons. The molecule has 0 bridgehead atoms. The summed E-state index contributed by atoms with van der Waals surface area (Å²) in [6, 6.07) is 4.52. The van der Waals surface area contributed by atoms with Gasteiger partial charge in [-0.15, -0.1) is 0 Å². The van der Waals surface area contributed by atoms with Crippen molar-refractivity contribution >= 4 is 16.3 Å². The van der Waals surface area contributed by atoms with Crippen LogP contribution in [0.1, 0.15) is 63.0 Å². The molecule has 1 amide bonds. The van der Waals surface area contributed by atoms with Crippen LogP contribution in [0.3, 0.4) is 0 Å². The normalized spacial score (nSPS) is 40.6. The van der Waals surface area contributed by atoms with Gasteiger partial charge in [-0.2, -0.15) is 8.42 Å². The van der Waals surface area contributed by atoms with Crippen LogP contribution in [0.15, 0.2) is 18.2 Å². The molecule has 0 aromatic heterocycles. The second-order valence-electron chi connectivity index (χ2n) is 11.5. The molecular weight excluding hydrogens is 518 g/mol. The lowest BCUT2D eigenvalue weighted by molar-refractivity contribution is -0.288. The van der Waals surface area contributed by atoms with Crippen molar-refractivity contribution in [1.82, 2.24) is 5.32 Å². The molecule has 4 aliphatic rings. The molecule has 212 valence electrons. The fraction of sp³-hybridized carbons (Fsp3) is 0.731. The Morgan fingerprint density at radius 2 is 2.00 bits per heavy atom. The third kappa shape index (κ3) is 5.07. The van der Waals surface area contributed by atoms with Crippen LogP contribution in [-0.2, 0) is 35.3 Å². The van der Waals surface area contributed by atoms with E-state index in [4.69, 9.17) is 14.0 Å². The number of phenolic OH excluding ortho intramolecular Hbond substituents is 1. The predicted molar refractivity (Wildman–Crippen MR) is 133 cm³/mol. The number of hydrogen-bond donors (Lipinski definition) is 5. The minimum absolute atomic E-state index is 0.179. The number of fused-ring (bicyclic) bond motifs is 5. The third-order valence-electron chi connectivity index (χ3n) is 9.38. The van der Waals surface area contributed by atoms with E-state index in [0.29, 0.717) is 23.5 Å². The number of carbonyl (C=O) groups is 1. The number of rotatable bonds is 6. The Bertz CT molecular complexity index is 1160. The highest BCUT2D eigenvalue weighted by atomic mass is 32.3. The molecule has 3 fully saturated rings. The van der Waals surface area contributed by atoms with Crippen molar-refractivity contribution < 1.29 is 46.7 Å². The summed E-state index contributed by atoms with van der Waals surface area (Å²) in [5.74, 6) is 1.09. The molecule has 1 aromatic carbocycles. The van der Waals surface area contributed by atoms with E-state index in [1.165, 1.54) is 18.1 Å². The van der Waals surface area contributed by atoms with Gasteiger partial charge < -0.3 is 30.1 Å². The maximum atomic E-state index is 11.9. The molecule has 0 unspecified atom stereocenters. The summed E-state index contributed by atoms with van der Waals surface area (Å²) >= 11 is 0. The second-order valence-corrected chi connectivity index (χ2v) is 12.5. The predicted octanol–water partition coefficient (Wildman–Crippen LogP) is 1.40. The molecule has 2 saturated carbocycles. The summed E-state index contributed by atoms with van der Waals surface area (Å²) in [6.45, 7) is 2.76. The van der Waals surface area contributed by atoms with E-state index in [1.54, 1.807) is 6.07 Å². The Balaban J connectivity index is 1.36. The first-order valence-electron chi connectivity index (χ1n) is 13.3. The first kappa shape index (κ1) is 27.8. The van der Waals surface area contributed by atoms with E-state index in [2.05, 4.69) is 22.5 Å². The summed E-state index contributed by atoms with van der Waals surface area (Å²) in [5.41, 5.74) is 2.37. The van der Waals surface area contributed by atoms with Crippen LogP contribution in [-0.4, -0.2) is 77.6 Å². The lowest BCUT2D eigenvalue weighted by Gasteiger charge is -2.51. The van der Waals surface area contributed by atoms with Gasteiger partial charge in [0.05, 0.1) is 12.7 Å². The molecule has 38 heavy (non-hydrogen) atoms. The van der Waals surface area contributed by atoms with Crippen LogP contribution in [0.4, 0.5) is 0 Å². The van der Waals surface area contributed by atoms with Gasteiger partial charge in [0.25, 0.3) is 0 Å². The van der Waals surface area contributed by atoms with Crippen molar-refractivity contribution in [2.24, 2.45) is 17.3 Å². The minimum atomic E-state index is -4.97. The van der Waals surface area contributed by atoms with Gasteiger partial charge in [0.1, 0.15) is 30.1 Å². The molecule has 0 spiro atoms. The number of aromatic hydroxyl groups is 1. The zero-order chi connectivity index (χ0) is 27.4. The first-order valence-corrected chi connectivity index (χ1v) is 14.6. The van der Waals surface area contributed by atoms with E-state index >= 15 is 0 Å². The Kier molecular flexibility index (Phi) is 7.53. The molecule has 1 heterocycles. The SMILES string of the molecule is CC(=O)N[C@H]1[C@H](O[C@H]2CC[C@H]3[C@@H]4CCc5cc(O)ccc5[C@H]4CC[C@]23C)O[C@H](CO)[C@H](OS(=O)(=O)O)[C@@H]1O. The highest BCUT2D eigenvalue weighted by molar-refractivity contribution is 7.80. The number of amides is 1. The summed E-state index contributed by atoms with van der Waals surface area (Å²) < 4.78 is 48.8. The Labute approximate surface area is 222 Å². The van der Waals surface area contributed by atoms with E-state index in [1.807, 2.05) is 6.07 Å². The summed E-state index contributed by atoms with van der Waals surface area (Å²) in [7, 11) is -4.97. The highest BCUT2D eigenvalue weighted by Gasteiger charge is 2.57. The summed E-state index contributed by atoms with van der Waals surface area (Å²) in [6.07, 6.45) is -0.473. The number of ether oxygens (including phenoxy) is 2. The lowest BCUT2D eigenvalue weighted by atomic mass is 9.55. The topological polar surface area (TPSA) is 172 Å².